The lowest BCUT2D eigenvalue weighted by Crippen LogP contribution is -2.12. The molecule has 0 fully saturated rings. The number of rotatable bonds is 7. The highest BCUT2D eigenvalue weighted by Gasteiger charge is 2.14. The van der Waals surface area contributed by atoms with Gasteiger partial charge >= 0.3 is 0 Å². The van der Waals surface area contributed by atoms with E-state index in [2.05, 4.69) is 10.0 Å². The van der Waals surface area contributed by atoms with Crippen LogP contribution < -0.4 is 14.8 Å². The molecule has 0 saturated heterocycles. The molecule has 0 bridgehead atoms. The molecule has 0 aliphatic carbocycles. The van der Waals surface area contributed by atoms with Crippen LogP contribution in [-0.4, -0.2) is 15.5 Å². The Morgan fingerprint density at radius 1 is 0.852 bits per heavy atom. The lowest BCUT2D eigenvalue weighted by Gasteiger charge is -2.12. The van der Waals surface area contributed by atoms with Gasteiger partial charge in [0.25, 0.3) is 10.0 Å². The maximum Gasteiger partial charge on any atom is 0.261 e. The number of nitrogens with one attached hydrogen (secondary N) is 2. The lowest BCUT2D eigenvalue weighted by molar-refractivity contribution is 0.417. The monoisotopic (exact) mass is 382 g/mol. The summed E-state index contributed by atoms with van der Waals surface area (Å²) in [7, 11) is -1.99. The average molecular weight is 382 g/mol. The van der Waals surface area contributed by atoms with Crippen LogP contribution in [-0.2, 0) is 16.4 Å². The van der Waals surface area contributed by atoms with E-state index in [1.807, 2.05) is 55.5 Å². The topological polar surface area (TPSA) is 67.4 Å². The molecule has 0 saturated carbocycles. The Morgan fingerprint density at radius 3 is 2.11 bits per heavy atom. The third-order valence-corrected chi connectivity index (χ3v) is 5.56. The maximum atomic E-state index is 12.5. The Kier molecular flexibility index (Phi) is 5.66. The first-order valence-electron chi connectivity index (χ1n) is 8.63. The van der Waals surface area contributed by atoms with Crippen molar-refractivity contribution in [1.82, 2.24) is 0 Å². The lowest BCUT2D eigenvalue weighted by atomic mass is 10.2. The fourth-order valence-electron chi connectivity index (χ4n) is 2.64. The molecule has 3 rings (SSSR count). The predicted octanol–water partition coefficient (Wildman–Crippen LogP) is 4.80. The van der Waals surface area contributed by atoms with E-state index in [4.69, 9.17) is 4.74 Å². The quantitative estimate of drug-likeness (QED) is 0.616. The number of hydrogen-bond acceptors (Lipinski definition) is 4. The van der Waals surface area contributed by atoms with Gasteiger partial charge in [0, 0.05) is 11.4 Å². The smallest absolute Gasteiger partial charge is 0.261 e. The normalized spacial score (nSPS) is 11.0. The highest BCUT2D eigenvalue weighted by atomic mass is 32.2. The van der Waals surface area contributed by atoms with Crippen LogP contribution in [0.4, 0.5) is 17.1 Å². The van der Waals surface area contributed by atoms with E-state index in [0.717, 1.165) is 29.1 Å². The molecule has 5 nitrogen and oxygen atoms in total. The molecule has 3 aromatic rings. The molecule has 0 spiro atoms. The summed E-state index contributed by atoms with van der Waals surface area (Å²) in [4.78, 5) is 0.246. The van der Waals surface area contributed by atoms with Gasteiger partial charge in [-0.2, -0.15) is 0 Å². The summed E-state index contributed by atoms with van der Waals surface area (Å²) < 4.78 is 33.0. The zero-order valence-electron chi connectivity index (χ0n) is 15.3. The third kappa shape index (κ3) is 4.60. The van der Waals surface area contributed by atoms with E-state index in [-0.39, 0.29) is 4.90 Å². The van der Waals surface area contributed by atoms with E-state index < -0.39 is 10.0 Å². The van der Waals surface area contributed by atoms with E-state index in [1.54, 1.807) is 31.4 Å². The molecule has 0 unspecified atom stereocenters. The van der Waals surface area contributed by atoms with E-state index >= 15 is 0 Å². The highest BCUT2D eigenvalue weighted by molar-refractivity contribution is 7.92. The van der Waals surface area contributed by atoms with Crippen LogP contribution in [0, 0.1) is 0 Å². The average Bonchev–Trinajstić information content (AvgIpc) is 2.70. The van der Waals surface area contributed by atoms with Crippen molar-refractivity contribution in [3.05, 3.63) is 78.4 Å². The van der Waals surface area contributed by atoms with Crippen LogP contribution in [0.25, 0.3) is 0 Å². The summed E-state index contributed by atoms with van der Waals surface area (Å²) in [6.07, 6.45) is 0.869. The summed E-state index contributed by atoms with van der Waals surface area (Å²) in [5.74, 6) is 0.734. The maximum absolute atomic E-state index is 12.5. The van der Waals surface area contributed by atoms with E-state index in [9.17, 15) is 8.42 Å². The van der Waals surface area contributed by atoms with E-state index in [0.29, 0.717) is 5.69 Å². The van der Waals surface area contributed by atoms with Crippen molar-refractivity contribution in [3.8, 4) is 5.75 Å². The molecule has 140 valence electrons. The van der Waals surface area contributed by atoms with Gasteiger partial charge in [0.2, 0.25) is 0 Å². The van der Waals surface area contributed by atoms with Gasteiger partial charge in [-0.3, -0.25) is 4.72 Å². The van der Waals surface area contributed by atoms with Crippen LogP contribution in [0.15, 0.2) is 77.7 Å². The Bertz CT molecular complexity index is 998. The number of anilines is 3. The van der Waals surface area contributed by atoms with Gasteiger partial charge in [0.05, 0.1) is 17.7 Å². The summed E-state index contributed by atoms with van der Waals surface area (Å²) >= 11 is 0. The first kappa shape index (κ1) is 18.8. The van der Waals surface area contributed by atoms with Crippen LogP contribution in [0.3, 0.4) is 0 Å². The summed E-state index contributed by atoms with van der Waals surface area (Å²) in [6.45, 7) is 2.03. The van der Waals surface area contributed by atoms with Gasteiger partial charge in [-0.05, 0) is 60.5 Å². The molecule has 0 heterocycles. The molecule has 0 aliphatic rings. The fourth-order valence-corrected chi connectivity index (χ4v) is 3.70. The molecule has 0 aromatic heterocycles. The molecule has 27 heavy (non-hydrogen) atoms. The van der Waals surface area contributed by atoms with Crippen molar-refractivity contribution in [2.75, 3.05) is 17.1 Å². The molecular weight excluding hydrogens is 360 g/mol. The van der Waals surface area contributed by atoms with Crippen LogP contribution in [0.2, 0.25) is 0 Å². The van der Waals surface area contributed by atoms with Gasteiger partial charge < -0.3 is 10.1 Å². The number of ether oxygens (including phenoxy) is 1. The second-order valence-electron chi connectivity index (χ2n) is 6.01. The Hall–Kier alpha value is -2.99. The Labute approximate surface area is 160 Å². The van der Waals surface area contributed by atoms with Crippen LogP contribution in [0.1, 0.15) is 12.5 Å². The molecule has 0 amide bonds. The van der Waals surface area contributed by atoms with Gasteiger partial charge in [0.15, 0.2) is 0 Å². The highest BCUT2D eigenvalue weighted by Crippen LogP contribution is 2.28. The molecule has 0 radical (unpaired) electrons. The third-order valence-electron chi connectivity index (χ3n) is 4.16. The molecule has 0 aliphatic heterocycles. The Morgan fingerprint density at radius 2 is 1.48 bits per heavy atom. The van der Waals surface area contributed by atoms with Crippen molar-refractivity contribution >= 4 is 27.1 Å². The van der Waals surface area contributed by atoms with Crippen LogP contribution >= 0.6 is 0 Å². The van der Waals surface area contributed by atoms with Crippen LogP contribution in [0.5, 0.6) is 5.75 Å². The van der Waals surface area contributed by atoms with Crippen molar-refractivity contribution in [2.45, 2.75) is 18.2 Å². The number of sulfonamides is 1. The predicted molar refractivity (Wildman–Crippen MR) is 109 cm³/mol. The minimum absolute atomic E-state index is 0.246. The number of benzene rings is 3. The van der Waals surface area contributed by atoms with Gasteiger partial charge in [-0.1, -0.05) is 31.2 Å². The van der Waals surface area contributed by atoms with Crippen molar-refractivity contribution < 1.29 is 13.2 Å². The van der Waals surface area contributed by atoms with Gasteiger partial charge in [-0.15, -0.1) is 0 Å². The summed E-state index contributed by atoms with van der Waals surface area (Å²) in [5, 5.41) is 3.26. The van der Waals surface area contributed by atoms with Crippen molar-refractivity contribution in [3.63, 3.8) is 0 Å². The number of methoxy groups -OCH3 is 1. The minimum atomic E-state index is -3.61. The molecular formula is C21H22N2O3S. The molecule has 0 atom stereocenters. The molecule has 2 N–H and O–H groups in total. The van der Waals surface area contributed by atoms with Gasteiger partial charge in [-0.25, -0.2) is 8.42 Å². The second kappa shape index (κ2) is 8.14. The largest absolute Gasteiger partial charge is 0.495 e. The summed E-state index contributed by atoms with van der Waals surface area (Å²) in [5.41, 5.74) is 3.26. The SMILES string of the molecule is CCc1ccc(S(=O)(=O)Nc2ccc(Nc3ccccc3OC)cc2)cc1. The first-order valence-corrected chi connectivity index (χ1v) is 10.1. The Balaban J connectivity index is 1.73. The minimum Gasteiger partial charge on any atom is -0.495 e. The van der Waals surface area contributed by atoms with Crippen molar-refractivity contribution in [1.29, 1.82) is 0 Å². The molecule has 3 aromatic carbocycles. The zero-order valence-corrected chi connectivity index (χ0v) is 16.1. The standard InChI is InChI=1S/C21H22N2O3S/c1-3-16-8-14-19(15-9-16)27(24,25)23-18-12-10-17(11-13-18)22-20-6-4-5-7-21(20)26-2/h4-15,22-23H,3H2,1-2H3. The van der Waals surface area contributed by atoms with Gasteiger partial charge in [0.1, 0.15) is 5.75 Å². The number of para-hydroxylation sites is 2. The molecule has 6 heteroatoms. The number of aryl methyl sites for hydroxylation is 1. The van der Waals surface area contributed by atoms with Crippen molar-refractivity contribution in [2.24, 2.45) is 0 Å². The van der Waals surface area contributed by atoms with E-state index in [1.165, 1.54) is 0 Å². The first-order chi connectivity index (χ1) is 13.0. The summed E-state index contributed by atoms with van der Waals surface area (Å²) in [6, 6.07) is 21.6. The second-order valence-corrected chi connectivity index (χ2v) is 7.69. The fraction of sp³-hybridized carbons (Fsp3) is 0.143. The zero-order chi connectivity index (χ0) is 19.3. The number of hydrogen-bond donors (Lipinski definition) is 2.